The van der Waals surface area contributed by atoms with Gasteiger partial charge in [0.1, 0.15) is 0 Å². The number of nitrogens with zero attached hydrogens (tertiary/aromatic N) is 2. The van der Waals surface area contributed by atoms with Crippen LogP contribution in [0.5, 0.6) is 0 Å². The van der Waals surface area contributed by atoms with Crippen LogP contribution in [-0.2, 0) is 16.1 Å². The third-order valence-corrected chi connectivity index (χ3v) is 2.37. The molecule has 1 aromatic heterocycles. The SMILES string of the molecule is N[C@H]1CC(=O)N(Cc2ccncc2)C1=O. The molecule has 0 unspecified atom stereocenters. The number of rotatable bonds is 2. The fourth-order valence-corrected chi connectivity index (χ4v) is 1.55. The van der Waals surface area contributed by atoms with Gasteiger partial charge in [-0.15, -0.1) is 0 Å². The first kappa shape index (κ1) is 9.79. The number of amides is 2. The first-order valence-corrected chi connectivity index (χ1v) is 4.67. The molecule has 0 radical (unpaired) electrons. The highest BCUT2D eigenvalue weighted by molar-refractivity contribution is 6.05. The molecule has 1 aliphatic heterocycles. The number of carbonyl (C=O) groups excluding carboxylic acids is 2. The van der Waals surface area contributed by atoms with E-state index in [4.69, 9.17) is 5.73 Å². The lowest BCUT2D eigenvalue weighted by Gasteiger charge is -2.13. The van der Waals surface area contributed by atoms with Gasteiger partial charge in [-0.05, 0) is 17.7 Å². The standard InChI is InChI=1S/C10H11N3O2/c11-8-5-9(14)13(10(8)15)6-7-1-3-12-4-2-7/h1-4,8H,5-6,11H2/t8-/m0/s1. The van der Waals surface area contributed by atoms with Crippen molar-refractivity contribution in [2.75, 3.05) is 0 Å². The number of likely N-dealkylation sites (tertiary alicyclic amines) is 1. The van der Waals surface area contributed by atoms with Crippen LogP contribution >= 0.6 is 0 Å². The van der Waals surface area contributed by atoms with Crippen LogP contribution in [0.3, 0.4) is 0 Å². The maximum Gasteiger partial charge on any atom is 0.246 e. The number of imide groups is 1. The Labute approximate surface area is 86.9 Å². The van der Waals surface area contributed by atoms with Gasteiger partial charge in [-0.1, -0.05) is 0 Å². The molecule has 0 bridgehead atoms. The first-order chi connectivity index (χ1) is 7.18. The normalized spacial score (nSPS) is 21.1. The maximum atomic E-state index is 11.5. The minimum atomic E-state index is -0.667. The number of aromatic nitrogens is 1. The van der Waals surface area contributed by atoms with Gasteiger partial charge in [0.2, 0.25) is 11.8 Å². The summed E-state index contributed by atoms with van der Waals surface area (Å²) in [5.41, 5.74) is 6.36. The lowest BCUT2D eigenvalue weighted by atomic mass is 10.2. The van der Waals surface area contributed by atoms with Crippen LogP contribution in [-0.4, -0.2) is 27.7 Å². The van der Waals surface area contributed by atoms with Gasteiger partial charge in [0.25, 0.3) is 0 Å². The molecule has 78 valence electrons. The molecule has 15 heavy (non-hydrogen) atoms. The fraction of sp³-hybridized carbons (Fsp3) is 0.300. The van der Waals surface area contributed by atoms with Gasteiger partial charge < -0.3 is 5.73 Å². The minimum absolute atomic E-state index is 0.115. The zero-order valence-corrected chi connectivity index (χ0v) is 8.09. The number of hydrogen-bond donors (Lipinski definition) is 1. The van der Waals surface area contributed by atoms with Gasteiger partial charge in [-0.2, -0.15) is 0 Å². The Morgan fingerprint density at radius 2 is 2.07 bits per heavy atom. The Kier molecular flexibility index (Phi) is 2.47. The van der Waals surface area contributed by atoms with Gasteiger partial charge in [0, 0.05) is 12.4 Å². The minimum Gasteiger partial charge on any atom is -0.319 e. The summed E-state index contributed by atoms with van der Waals surface area (Å²) in [7, 11) is 0. The van der Waals surface area contributed by atoms with E-state index in [2.05, 4.69) is 4.98 Å². The van der Waals surface area contributed by atoms with E-state index in [-0.39, 0.29) is 24.8 Å². The Hall–Kier alpha value is -1.75. The molecule has 0 spiro atoms. The molecule has 5 heteroatoms. The molecule has 1 atom stereocenters. The molecule has 2 N–H and O–H groups in total. The van der Waals surface area contributed by atoms with Gasteiger partial charge in [-0.3, -0.25) is 19.5 Å². The molecule has 1 saturated heterocycles. The lowest BCUT2D eigenvalue weighted by Crippen LogP contribution is -2.34. The van der Waals surface area contributed by atoms with Crippen LogP contribution in [0.4, 0.5) is 0 Å². The molecule has 0 aliphatic carbocycles. The number of hydrogen-bond acceptors (Lipinski definition) is 4. The average Bonchev–Trinajstić information content (AvgIpc) is 2.47. The van der Waals surface area contributed by atoms with Crippen molar-refractivity contribution in [1.82, 2.24) is 9.88 Å². The summed E-state index contributed by atoms with van der Waals surface area (Å²) >= 11 is 0. The summed E-state index contributed by atoms with van der Waals surface area (Å²) in [6, 6.07) is 2.87. The van der Waals surface area contributed by atoms with Crippen molar-refractivity contribution >= 4 is 11.8 Å². The number of nitrogens with two attached hydrogens (primary N) is 1. The van der Waals surface area contributed by atoms with Crippen molar-refractivity contribution in [2.24, 2.45) is 5.73 Å². The molecule has 2 heterocycles. The molecule has 5 nitrogen and oxygen atoms in total. The van der Waals surface area contributed by atoms with Crippen LogP contribution in [0, 0.1) is 0 Å². The smallest absolute Gasteiger partial charge is 0.246 e. The van der Waals surface area contributed by atoms with Crippen molar-refractivity contribution in [2.45, 2.75) is 19.0 Å². The Bertz CT molecular complexity index is 391. The average molecular weight is 205 g/mol. The lowest BCUT2D eigenvalue weighted by molar-refractivity contribution is -0.139. The van der Waals surface area contributed by atoms with Crippen LogP contribution in [0.1, 0.15) is 12.0 Å². The molecule has 2 amide bonds. The second-order valence-electron chi connectivity index (χ2n) is 3.48. The van der Waals surface area contributed by atoms with E-state index in [1.54, 1.807) is 24.5 Å². The summed E-state index contributed by atoms with van der Waals surface area (Å²) < 4.78 is 0. The predicted molar refractivity (Wildman–Crippen MR) is 52.4 cm³/mol. The van der Waals surface area contributed by atoms with Gasteiger partial charge >= 0.3 is 0 Å². The van der Waals surface area contributed by atoms with Gasteiger partial charge in [0.05, 0.1) is 19.0 Å². The zero-order valence-electron chi connectivity index (χ0n) is 8.09. The number of pyridine rings is 1. The van der Waals surface area contributed by atoms with Crippen molar-refractivity contribution in [1.29, 1.82) is 0 Å². The first-order valence-electron chi connectivity index (χ1n) is 4.67. The quantitative estimate of drug-likeness (QED) is 0.670. The van der Waals surface area contributed by atoms with Crippen molar-refractivity contribution in [3.05, 3.63) is 30.1 Å². The zero-order chi connectivity index (χ0) is 10.8. The van der Waals surface area contributed by atoms with Crippen LogP contribution in [0.25, 0.3) is 0 Å². The summed E-state index contributed by atoms with van der Waals surface area (Å²) in [5, 5.41) is 0. The second-order valence-corrected chi connectivity index (χ2v) is 3.48. The fourth-order valence-electron chi connectivity index (χ4n) is 1.55. The molecular weight excluding hydrogens is 194 g/mol. The third-order valence-electron chi connectivity index (χ3n) is 2.37. The molecule has 0 saturated carbocycles. The molecule has 1 fully saturated rings. The largest absolute Gasteiger partial charge is 0.319 e. The van der Waals surface area contributed by atoms with Gasteiger partial charge in [-0.25, -0.2) is 0 Å². The van der Waals surface area contributed by atoms with Crippen molar-refractivity contribution in [3.63, 3.8) is 0 Å². The van der Waals surface area contributed by atoms with Crippen molar-refractivity contribution in [3.8, 4) is 0 Å². The number of carbonyl (C=O) groups is 2. The molecule has 1 aliphatic rings. The molecule has 0 aromatic carbocycles. The summed E-state index contributed by atoms with van der Waals surface area (Å²) in [6.45, 7) is 0.286. The van der Waals surface area contributed by atoms with E-state index in [0.717, 1.165) is 5.56 Å². The van der Waals surface area contributed by atoms with E-state index in [1.165, 1.54) is 4.90 Å². The second kappa shape index (κ2) is 3.78. The van der Waals surface area contributed by atoms with Crippen LogP contribution in [0.2, 0.25) is 0 Å². The van der Waals surface area contributed by atoms with E-state index in [9.17, 15) is 9.59 Å². The van der Waals surface area contributed by atoms with E-state index < -0.39 is 6.04 Å². The highest BCUT2D eigenvalue weighted by atomic mass is 16.2. The third kappa shape index (κ3) is 1.87. The summed E-state index contributed by atoms with van der Waals surface area (Å²) in [6.07, 6.45) is 3.37. The maximum absolute atomic E-state index is 11.5. The molecule has 1 aromatic rings. The highest BCUT2D eigenvalue weighted by Crippen LogP contribution is 2.14. The van der Waals surface area contributed by atoms with Crippen LogP contribution in [0.15, 0.2) is 24.5 Å². The Balaban J connectivity index is 2.13. The van der Waals surface area contributed by atoms with Crippen molar-refractivity contribution < 1.29 is 9.59 Å². The van der Waals surface area contributed by atoms with Gasteiger partial charge in [0.15, 0.2) is 0 Å². The topological polar surface area (TPSA) is 76.3 Å². The molecule has 2 rings (SSSR count). The van der Waals surface area contributed by atoms with E-state index in [1.807, 2.05) is 0 Å². The highest BCUT2D eigenvalue weighted by Gasteiger charge is 2.35. The predicted octanol–water partition coefficient (Wildman–Crippen LogP) is -0.332. The summed E-state index contributed by atoms with van der Waals surface area (Å²) in [4.78, 5) is 27.9. The Morgan fingerprint density at radius 3 is 2.60 bits per heavy atom. The monoisotopic (exact) mass is 205 g/mol. The molecular formula is C10H11N3O2. The Morgan fingerprint density at radius 1 is 1.40 bits per heavy atom. The van der Waals surface area contributed by atoms with E-state index in [0.29, 0.717) is 0 Å². The van der Waals surface area contributed by atoms with Crippen LogP contribution < -0.4 is 5.73 Å². The summed E-state index contributed by atoms with van der Waals surface area (Å²) in [5.74, 6) is -0.499. The van der Waals surface area contributed by atoms with E-state index >= 15 is 0 Å².